The van der Waals surface area contributed by atoms with Crippen LogP contribution in [0.5, 0.6) is 0 Å². The Labute approximate surface area is 404 Å². The average molecular weight is 927 g/mol. The Bertz CT molecular complexity index is 1570. The molecule has 0 spiro atoms. The largest absolute Gasteiger partial charge is 0.446 e. The monoisotopic (exact) mass is 927 g/mol. The summed E-state index contributed by atoms with van der Waals surface area (Å²) in [7, 11) is 0. The Kier molecular flexibility index (Phi) is 20.3. The highest BCUT2D eigenvalue weighted by atomic mass is 16.6. The number of unbranched alkanes of at least 4 members (excludes halogenated alkanes) is 1. The smallest absolute Gasteiger partial charge is 0.410 e. The molecule has 0 aromatic heterocycles. The summed E-state index contributed by atoms with van der Waals surface area (Å²) in [4.78, 5) is 42.0. The number of nitrogens with zero attached hydrogens (tertiary/aromatic N) is 1. The lowest BCUT2D eigenvalue weighted by molar-refractivity contribution is -0.0594. The van der Waals surface area contributed by atoms with E-state index in [4.69, 9.17) is 14.2 Å². The molecule has 4 rings (SSSR count). The second-order valence-electron chi connectivity index (χ2n) is 24.7. The van der Waals surface area contributed by atoms with E-state index in [2.05, 4.69) is 84.3 Å². The molecule has 10 heteroatoms. The molecule has 3 saturated carbocycles. The summed E-state index contributed by atoms with van der Waals surface area (Å²) >= 11 is 0. The van der Waals surface area contributed by atoms with Crippen LogP contribution < -0.4 is 16.0 Å². The van der Waals surface area contributed by atoms with Crippen LogP contribution in [0.4, 0.5) is 14.4 Å². The number of ether oxygens (including phenoxy) is 3. The van der Waals surface area contributed by atoms with E-state index in [1.807, 2.05) is 46.4 Å². The van der Waals surface area contributed by atoms with Gasteiger partial charge in [0, 0.05) is 30.6 Å². The predicted molar refractivity (Wildman–Crippen MR) is 272 cm³/mol. The maximum atomic E-state index is 14.4. The fourth-order valence-electron chi connectivity index (χ4n) is 13.3. The Morgan fingerprint density at radius 2 is 1.33 bits per heavy atom. The molecule has 0 aliphatic heterocycles. The number of hydrogen-bond acceptors (Lipinski definition) is 7. The third-order valence-corrected chi connectivity index (χ3v) is 17.7. The van der Waals surface area contributed by atoms with E-state index in [0.29, 0.717) is 24.9 Å². The highest BCUT2D eigenvalue weighted by molar-refractivity contribution is 5.69. The molecule has 3 amide bonds. The molecule has 10 nitrogen and oxygen atoms in total. The van der Waals surface area contributed by atoms with Crippen LogP contribution >= 0.6 is 0 Å². The van der Waals surface area contributed by atoms with E-state index in [1.165, 1.54) is 51.4 Å². The maximum absolute atomic E-state index is 14.4. The zero-order valence-corrected chi connectivity index (χ0v) is 45.3. The second kappa shape index (κ2) is 23.9. The minimum Gasteiger partial charge on any atom is -0.446 e. The van der Waals surface area contributed by atoms with Gasteiger partial charge in [-0.05, 0) is 197 Å². The van der Waals surface area contributed by atoms with Crippen molar-refractivity contribution >= 4 is 18.3 Å². The maximum Gasteiger partial charge on any atom is 0.410 e. The van der Waals surface area contributed by atoms with E-state index >= 15 is 0 Å². The number of fused-ring (bicyclic) bond motifs is 5. The summed E-state index contributed by atoms with van der Waals surface area (Å²) in [6.07, 6.45) is 21.3. The number of carbonyl (C=O) groups is 3. The lowest BCUT2D eigenvalue weighted by Gasteiger charge is -2.58. The van der Waals surface area contributed by atoms with Crippen molar-refractivity contribution < 1.29 is 28.6 Å². The molecule has 382 valence electrons. The molecule has 0 saturated heterocycles. The van der Waals surface area contributed by atoms with E-state index in [1.54, 1.807) is 5.57 Å². The number of amides is 3. The SMILES string of the molecule is CCC(CC)(CCNCCCCN(CCC(CC)(CC)NC(=O)OC(C)(C)C)C(=O)O[C@H]1CC[C@@]2(C)C(=CC[C@H]3[C@@H]4CC[C@H]([C@H](C)CCCC(C)C)[C@@]4(C)CC[C@@H]32)C1)NC(=O)OC(C)(C)C. The molecule has 3 N–H and O–H groups in total. The van der Waals surface area contributed by atoms with Gasteiger partial charge in [0.05, 0.1) is 0 Å². The molecule has 0 unspecified atom stereocenters. The molecule has 0 aromatic rings. The van der Waals surface area contributed by atoms with Gasteiger partial charge < -0.3 is 35.1 Å². The first-order chi connectivity index (χ1) is 30.9. The molecule has 4 aliphatic carbocycles. The van der Waals surface area contributed by atoms with Crippen LogP contribution in [0.1, 0.15) is 226 Å². The van der Waals surface area contributed by atoms with Crippen molar-refractivity contribution in [1.29, 1.82) is 0 Å². The number of nitrogens with one attached hydrogen (secondary N) is 3. The summed E-state index contributed by atoms with van der Waals surface area (Å²) < 4.78 is 17.8. The summed E-state index contributed by atoms with van der Waals surface area (Å²) in [5.41, 5.74) is 0.226. The fourth-order valence-corrected chi connectivity index (χ4v) is 13.3. The van der Waals surface area contributed by atoms with Gasteiger partial charge in [0.1, 0.15) is 17.3 Å². The first-order valence-corrected chi connectivity index (χ1v) is 27.3. The molecule has 0 aromatic carbocycles. The van der Waals surface area contributed by atoms with Crippen LogP contribution in [-0.2, 0) is 14.2 Å². The molecule has 0 heterocycles. The molecular formula is C56H102N4O6. The van der Waals surface area contributed by atoms with Crippen LogP contribution in [0.25, 0.3) is 0 Å². The van der Waals surface area contributed by atoms with Crippen LogP contribution in [-0.4, -0.2) is 77.7 Å². The minimum atomic E-state index is -0.600. The van der Waals surface area contributed by atoms with E-state index in [0.717, 1.165) is 113 Å². The fraction of sp³-hybridized carbons (Fsp3) is 0.911. The number of hydrogen-bond donors (Lipinski definition) is 3. The highest BCUT2D eigenvalue weighted by Crippen LogP contribution is 2.67. The van der Waals surface area contributed by atoms with Crippen molar-refractivity contribution in [2.75, 3.05) is 26.2 Å². The second-order valence-corrected chi connectivity index (χ2v) is 24.7. The number of carbonyl (C=O) groups excluding carboxylic acids is 3. The van der Waals surface area contributed by atoms with Gasteiger partial charge in [-0.25, -0.2) is 14.4 Å². The molecule has 0 bridgehead atoms. The van der Waals surface area contributed by atoms with Crippen LogP contribution in [0.3, 0.4) is 0 Å². The zero-order chi connectivity index (χ0) is 49.1. The van der Waals surface area contributed by atoms with Crippen molar-refractivity contribution in [2.24, 2.45) is 46.3 Å². The quantitative estimate of drug-likeness (QED) is 0.0530. The van der Waals surface area contributed by atoms with Crippen molar-refractivity contribution in [3.05, 3.63) is 11.6 Å². The summed E-state index contributed by atoms with van der Waals surface area (Å²) in [6, 6.07) is 0. The molecule has 0 radical (unpaired) electrons. The lowest BCUT2D eigenvalue weighted by Crippen LogP contribution is -2.52. The standard InChI is InChI=1S/C56H102N4O6/c1-16-55(17-2,58-48(61)65-51(8,9)10)33-36-57-35-20-21-37-60(38-34-56(18-3,19-4)59-49(62)66-52(11,12)13)50(63)64-43-29-31-53(14)42(39-43)25-26-44-46-28-27-45(41(7)24-22-23-40(5)6)54(46,15)32-30-47(44)53/h25,40-41,43-47,57H,16-24,26-39H2,1-15H3,(H,58,61)(H,59,62)/t41-,43+,44+,45-,46+,47+,53+,54-/m1/s1. The van der Waals surface area contributed by atoms with Crippen LogP contribution in [0.2, 0.25) is 0 Å². The third kappa shape index (κ3) is 15.0. The van der Waals surface area contributed by atoms with Gasteiger partial charge >= 0.3 is 18.3 Å². The molecular weight excluding hydrogens is 825 g/mol. The topological polar surface area (TPSA) is 118 Å². The zero-order valence-electron chi connectivity index (χ0n) is 45.3. The van der Waals surface area contributed by atoms with E-state index < -0.39 is 22.8 Å². The Morgan fingerprint density at radius 3 is 1.91 bits per heavy atom. The first kappa shape index (κ1) is 56.1. The average Bonchev–Trinajstić information content (AvgIpc) is 3.59. The molecule has 3 fully saturated rings. The predicted octanol–water partition coefficient (Wildman–Crippen LogP) is 14.2. The van der Waals surface area contributed by atoms with Crippen molar-refractivity contribution in [3.8, 4) is 0 Å². The molecule has 66 heavy (non-hydrogen) atoms. The van der Waals surface area contributed by atoms with E-state index in [-0.39, 0.29) is 29.2 Å². The Morgan fingerprint density at radius 1 is 0.727 bits per heavy atom. The van der Waals surface area contributed by atoms with Gasteiger partial charge in [0.25, 0.3) is 0 Å². The van der Waals surface area contributed by atoms with E-state index in [9.17, 15) is 14.4 Å². The number of allylic oxidation sites excluding steroid dienone is 1. The highest BCUT2D eigenvalue weighted by Gasteiger charge is 2.59. The summed E-state index contributed by atoms with van der Waals surface area (Å²) in [5, 5.41) is 9.96. The van der Waals surface area contributed by atoms with Crippen molar-refractivity contribution in [2.45, 2.75) is 254 Å². The summed E-state index contributed by atoms with van der Waals surface area (Å²) in [5.74, 6) is 4.80. The van der Waals surface area contributed by atoms with Crippen molar-refractivity contribution in [1.82, 2.24) is 20.9 Å². The number of alkyl carbamates (subject to hydrolysis) is 2. The van der Waals surface area contributed by atoms with Gasteiger partial charge in [-0.3, -0.25) is 0 Å². The summed E-state index contributed by atoms with van der Waals surface area (Å²) in [6.45, 7) is 34.9. The van der Waals surface area contributed by atoms with Gasteiger partial charge in [0.15, 0.2) is 0 Å². The normalized spacial score (nSPS) is 27.2. The lowest BCUT2D eigenvalue weighted by atomic mass is 9.47. The van der Waals surface area contributed by atoms with Gasteiger partial charge in [-0.1, -0.05) is 93.2 Å². The third-order valence-electron chi connectivity index (χ3n) is 17.7. The Balaban J connectivity index is 1.39. The van der Waals surface area contributed by atoms with Crippen molar-refractivity contribution in [3.63, 3.8) is 0 Å². The van der Waals surface area contributed by atoms with Gasteiger partial charge in [-0.15, -0.1) is 0 Å². The first-order valence-electron chi connectivity index (χ1n) is 27.3. The van der Waals surface area contributed by atoms with Gasteiger partial charge in [-0.2, -0.15) is 0 Å². The number of rotatable bonds is 23. The van der Waals surface area contributed by atoms with Gasteiger partial charge in [0.2, 0.25) is 0 Å². The van der Waals surface area contributed by atoms with Crippen LogP contribution in [0.15, 0.2) is 11.6 Å². The minimum absolute atomic E-state index is 0.123. The Hall–Kier alpha value is -2.49. The van der Waals surface area contributed by atoms with Crippen LogP contribution in [0, 0.1) is 46.3 Å². The molecule has 4 aliphatic rings. The molecule has 8 atom stereocenters.